The lowest BCUT2D eigenvalue weighted by Gasteiger charge is -2.17. The molecule has 2 N–H and O–H groups in total. The van der Waals surface area contributed by atoms with Gasteiger partial charge in [-0.1, -0.05) is 0 Å². The van der Waals surface area contributed by atoms with Crippen molar-refractivity contribution in [3.8, 4) is 11.5 Å². The number of ether oxygens (including phenoxy) is 2. The molecule has 0 bridgehead atoms. The zero-order chi connectivity index (χ0) is 13.9. The van der Waals surface area contributed by atoms with Crippen molar-refractivity contribution in [1.29, 1.82) is 0 Å². The molecule has 0 aromatic heterocycles. The predicted molar refractivity (Wildman–Crippen MR) is 75.1 cm³/mol. The van der Waals surface area contributed by atoms with Crippen LogP contribution in [0.2, 0.25) is 0 Å². The fourth-order valence-electron chi connectivity index (χ4n) is 2.69. The summed E-state index contributed by atoms with van der Waals surface area (Å²) >= 11 is 0. The molecule has 1 unspecified atom stereocenters. The van der Waals surface area contributed by atoms with Gasteiger partial charge in [0.05, 0.1) is 13.2 Å². The van der Waals surface area contributed by atoms with Crippen LogP contribution in [0.25, 0.3) is 0 Å². The van der Waals surface area contributed by atoms with Crippen LogP contribution in [0.3, 0.4) is 0 Å². The number of fused-ring (bicyclic) bond motifs is 1. The number of benzene rings is 1. The third kappa shape index (κ3) is 2.58. The fourth-order valence-corrected chi connectivity index (χ4v) is 2.69. The number of rotatable bonds is 2. The van der Waals surface area contributed by atoms with E-state index in [0.717, 1.165) is 31.7 Å². The van der Waals surface area contributed by atoms with Crippen LogP contribution < -0.4 is 15.2 Å². The highest BCUT2D eigenvalue weighted by molar-refractivity contribution is 5.95. The van der Waals surface area contributed by atoms with Crippen molar-refractivity contribution in [1.82, 2.24) is 4.90 Å². The lowest BCUT2D eigenvalue weighted by Crippen LogP contribution is -2.29. The maximum Gasteiger partial charge on any atom is 0.254 e. The number of nitrogens with two attached hydrogens (primary N) is 1. The van der Waals surface area contributed by atoms with Gasteiger partial charge in [0.1, 0.15) is 0 Å². The van der Waals surface area contributed by atoms with E-state index in [4.69, 9.17) is 15.2 Å². The highest BCUT2D eigenvalue weighted by Gasteiger charge is 2.26. The summed E-state index contributed by atoms with van der Waals surface area (Å²) < 4.78 is 11.2. The first-order valence-electron chi connectivity index (χ1n) is 7.17. The van der Waals surface area contributed by atoms with Crippen molar-refractivity contribution in [2.24, 2.45) is 11.7 Å². The number of carbonyl (C=O) groups excluding carboxylic acids is 1. The van der Waals surface area contributed by atoms with E-state index in [1.54, 1.807) is 6.07 Å². The monoisotopic (exact) mass is 276 g/mol. The molecule has 0 radical (unpaired) electrons. The summed E-state index contributed by atoms with van der Waals surface area (Å²) in [6.45, 7) is 3.47. The van der Waals surface area contributed by atoms with Gasteiger partial charge < -0.3 is 20.1 Å². The third-order valence-corrected chi connectivity index (χ3v) is 3.90. The second-order valence-electron chi connectivity index (χ2n) is 5.35. The lowest BCUT2D eigenvalue weighted by atomic mass is 10.1. The first-order valence-corrected chi connectivity index (χ1v) is 7.17. The average Bonchev–Trinajstić information content (AvgIpc) is 2.84. The highest BCUT2D eigenvalue weighted by Crippen LogP contribution is 2.31. The normalized spacial score (nSPS) is 21.6. The van der Waals surface area contributed by atoms with E-state index in [1.165, 1.54) is 0 Å². The average molecular weight is 276 g/mol. The van der Waals surface area contributed by atoms with Gasteiger partial charge in [0.15, 0.2) is 11.5 Å². The van der Waals surface area contributed by atoms with E-state index in [1.807, 2.05) is 17.0 Å². The molecule has 3 rings (SSSR count). The molecule has 20 heavy (non-hydrogen) atoms. The number of likely N-dealkylation sites (tertiary alicyclic amines) is 1. The summed E-state index contributed by atoms with van der Waals surface area (Å²) in [6.07, 6.45) is 1.86. The van der Waals surface area contributed by atoms with Crippen LogP contribution >= 0.6 is 0 Å². The van der Waals surface area contributed by atoms with E-state index < -0.39 is 0 Å². The van der Waals surface area contributed by atoms with Crippen molar-refractivity contribution in [3.05, 3.63) is 23.8 Å². The van der Waals surface area contributed by atoms with Gasteiger partial charge in [0, 0.05) is 25.1 Å². The maximum absolute atomic E-state index is 12.5. The van der Waals surface area contributed by atoms with Crippen LogP contribution in [0.15, 0.2) is 18.2 Å². The van der Waals surface area contributed by atoms with Crippen molar-refractivity contribution in [2.75, 3.05) is 32.8 Å². The minimum Gasteiger partial charge on any atom is -0.490 e. The minimum absolute atomic E-state index is 0.0524. The van der Waals surface area contributed by atoms with E-state index in [2.05, 4.69) is 0 Å². The quantitative estimate of drug-likeness (QED) is 0.883. The number of amides is 1. The van der Waals surface area contributed by atoms with Gasteiger partial charge in [-0.25, -0.2) is 0 Å². The first-order chi connectivity index (χ1) is 9.78. The molecule has 1 saturated heterocycles. The lowest BCUT2D eigenvalue weighted by molar-refractivity contribution is 0.0787. The summed E-state index contributed by atoms with van der Waals surface area (Å²) in [5, 5.41) is 0. The minimum atomic E-state index is 0.0524. The molecular formula is C15H20N2O3. The molecular weight excluding hydrogens is 256 g/mol. The first kappa shape index (κ1) is 13.2. The van der Waals surface area contributed by atoms with Gasteiger partial charge in [0.2, 0.25) is 0 Å². The molecule has 1 aromatic rings. The van der Waals surface area contributed by atoms with Crippen LogP contribution in [0, 0.1) is 5.92 Å². The SMILES string of the molecule is NCC1CCN(C(=O)c2ccc3c(c2)OCCCO3)C1. The Hall–Kier alpha value is -1.75. The summed E-state index contributed by atoms with van der Waals surface area (Å²) in [7, 11) is 0. The summed E-state index contributed by atoms with van der Waals surface area (Å²) in [5.74, 6) is 1.87. The van der Waals surface area contributed by atoms with E-state index in [0.29, 0.717) is 37.0 Å². The molecule has 2 heterocycles. The summed E-state index contributed by atoms with van der Waals surface area (Å²) in [4.78, 5) is 14.3. The van der Waals surface area contributed by atoms with Crippen molar-refractivity contribution in [2.45, 2.75) is 12.8 Å². The number of hydrogen-bond donors (Lipinski definition) is 1. The van der Waals surface area contributed by atoms with Crippen LogP contribution in [-0.4, -0.2) is 43.7 Å². The van der Waals surface area contributed by atoms with Crippen LogP contribution in [0.4, 0.5) is 0 Å². The van der Waals surface area contributed by atoms with Crippen molar-refractivity contribution < 1.29 is 14.3 Å². The molecule has 1 amide bonds. The second kappa shape index (κ2) is 5.71. The second-order valence-corrected chi connectivity index (χ2v) is 5.35. The van der Waals surface area contributed by atoms with Crippen LogP contribution in [0.5, 0.6) is 11.5 Å². The Morgan fingerprint density at radius 2 is 2.10 bits per heavy atom. The van der Waals surface area contributed by atoms with E-state index in [-0.39, 0.29) is 5.91 Å². The van der Waals surface area contributed by atoms with Gasteiger partial charge >= 0.3 is 0 Å². The Balaban J connectivity index is 1.77. The van der Waals surface area contributed by atoms with Gasteiger partial charge in [-0.3, -0.25) is 4.79 Å². The Kier molecular flexibility index (Phi) is 3.78. The largest absolute Gasteiger partial charge is 0.490 e. The number of nitrogens with zero attached hydrogens (tertiary/aromatic N) is 1. The van der Waals surface area contributed by atoms with Crippen molar-refractivity contribution >= 4 is 5.91 Å². The molecule has 1 atom stereocenters. The Morgan fingerprint density at radius 3 is 2.85 bits per heavy atom. The molecule has 5 nitrogen and oxygen atoms in total. The maximum atomic E-state index is 12.5. The molecule has 2 aliphatic rings. The van der Waals surface area contributed by atoms with E-state index >= 15 is 0 Å². The summed E-state index contributed by atoms with van der Waals surface area (Å²) in [6, 6.07) is 5.43. The Bertz CT molecular complexity index is 504. The van der Waals surface area contributed by atoms with Crippen LogP contribution in [0.1, 0.15) is 23.2 Å². The van der Waals surface area contributed by atoms with Crippen LogP contribution in [-0.2, 0) is 0 Å². The van der Waals surface area contributed by atoms with Gasteiger partial charge in [-0.2, -0.15) is 0 Å². The van der Waals surface area contributed by atoms with Gasteiger partial charge in [-0.15, -0.1) is 0 Å². The number of hydrogen-bond acceptors (Lipinski definition) is 4. The Morgan fingerprint density at radius 1 is 1.30 bits per heavy atom. The molecule has 108 valence electrons. The third-order valence-electron chi connectivity index (χ3n) is 3.90. The zero-order valence-electron chi connectivity index (χ0n) is 11.5. The molecule has 0 saturated carbocycles. The fraction of sp³-hybridized carbons (Fsp3) is 0.533. The van der Waals surface area contributed by atoms with E-state index in [9.17, 15) is 4.79 Å². The molecule has 1 fully saturated rings. The summed E-state index contributed by atoms with van der Waals surface area (Å²) in [5.41, 5.74) is 6.33. The van der Waals surface area contributed by atoms with Crippen molar-refractivity contribution in [3.63, 3.8) is 0 Å². The topological polar surface area (TPSA) is 64.8 Å². The highest BCUT2D eigenvalue weighted by atomic mass is 16.5. The van der Waals surface area contributed by atoms with Gasteiger partial charge in [-0.05, 0) is 37.1 Å². The Labute approximate surface area is 118 Å². The molecule has 0 spiro atoms. The smallest absolute Gasteiger partial charge is 0.254 e. The predicted octanol–water partition coefficient (Wildman–Crippen LogP) is 1.27. The molecule has 1 aromatic carbocycles. The molecule has 2 aliphatic heterocycles. The molecule has 5 heteroatoms. The standard InChI is InChI=1S/C15H20N2O3/c16-9-11-4-5-17(10-11)15(18)12-2-3-13-14(8-12)20-7-1-6-19-13/h2-3,8,11H,1,4-7,9-10,16H2. The zero-order valence-corrected chi connectivity index (χ0v) is 11.5. The number of carbonyl (C=O) groups is 1. The van der Waals surface area contributed by atoms with Gasteiger partial charge in [0.25, 0.3) is 5.91 Å². The molecule has 0 aliphatic carbocycles.